The molecule has 16 heavy (non-hydrogen) atoms. The molecule has 0 bridgehead atoms. The van der Waals surface area contributed by atoms with E-state index < -0.39 is 0 Å². The van der Waals surface area contributed by atoms with Crippen LogP contribution in [0.3, 0.4) is 0 Å². The summed E-state index contributed by atoms with van der Waals surface area (Å²) in [7, 11) is 0. The van der Waals surface area contributed by atoms with E-state index in [1.54, 1.807) is 4.90 Å². The van der Waals surface area contributed by atoms with Crippen LogP contribution in [-0.4, -0.2) is 10.8 Å². The van der Waals surface area contributed by atoms with Crippen LogP contribution in [0.15, 0.2) is 24.6 Å². The lowest BCUT2D eigenvalue weighted by molar-refractivity contribution is -0.134. The molecule has 0 atom stereocenters. The summed E-state index contributed by atoms with van der Waals surface area (Å²) in [6, 6.07) is 0. The van der Waals surface area contributed by atoms with Gasteiger partial charge in [-0.05, 0) is 5.41 Å². The number of carbonyl (C=O) groups is 1. The Hall–Kier alpha value is -1.05. The lowest BCUT2D eigenvalue weighted by Crippen LogP contribution is -2.34. The zero-order valence-corrected chi connectivity index (χ0v) is 11.2. The summed E-state index contributed by atoms with van der Waals surface area (Å²) < 4.78 is 0. The molecule has 0 unspecified atom stereocenters. The number of carbonyl (C=O) groups excluding carboxylic acids is 1. The van der Waals surface area contributed by atoms with Crippen molar-refractivity contribution >= 4 is 5.91 Å². The Bertz CT molecular complexity index is 312. The van der Waals surface area contributed by atoms with Gasteiger partial charge in [0.1, 0.15) is 0 Å². The fourth-order valence-electron chi connectivity index (χ4n) is 1.58. The summed E-state index contributed by atoms with van der Waals surface area (Å²) in [5.74, 6) is 0.531. The van der Waals surface area contributed by atoms with Crippen molar-refractivity contribution in [2.75, 3.05) is 0 Å². The zero-order valence-electron chi connectivity index (χ0n) is 11.2. The Morgan fingerprint density at radius 2 is 1.44 bits per heavy atom. The van der Waals surface area contributed by atoms with Crippen LogP contribution < -0.4 is 0 Å². The van der Waals surface area contributed by atoms with Crippen molar-refractivity contribution in [1.82, 2.24) is 4.90 Å². The van der Waals surface area contributed by atoms with Gasteiger partial charge in [0.15, 0.2) is 0 Å². The molecular weight excluding hydrogens is 198 g/mol. The van der Waals surface area contributed by atoms with Gasteiger partial charge in [0.05, 0.1) is 0 Å². The van der Waals surface area contributed by atoms with Gasteiger partial charge < -0.3 is 0 Å². The Balaban J connectivity index is 2.75. The molecule has 0 aromatic heterocycles. The quantitative estimate of drug-likeness (QED) is 0.612. The number of hydrogen-bond acceptors (Lipinski definition) is 1. The van der Waals surface area contributed by atoms with E-state index in [9.17, 15) is 4.79 Å². The molecule has 1 aliphatic rings. The maximum absolute atomic E-state index is 12.0. The zero-order chi connectivity index (χ0) is 12.6. The van der Waals surface area contributed by atoms with Gasteiger partial charge in [-0.3, -0.25) is 9.69 Å². The molecule has 0 aromatic carbocycles. The van der Waals surface area contributed by atoms with Crippen molar-refractivity contribution in [3.63, 3.8) is 0 Å². The Morgan fingerprint density at radius 1 is 1.00 bits per heavy atom. The van der Waals surface area contributed by atoms with Crippen LogP contribution in [-0.2, 0) is 4.79 Å². The highest BCUT2D eigenvalue weighted by molar-refractivity contribution is 5.83. The topological polar surface area (TPSA) is 20.3 Å². The maximum Gasteiger partial charge on any atom is 0.235 e. The van der Waals surface area contributed by atoms with Gasteiger partial charge in [-0.25, -0.2) is 0 Å². The molecule has 0 spiro atoms. The van der Waals surface area contributed by atoms with Crippen LogP contribution in [0.1, 0.15) is 41.5 Å². The molecule has 0 saturated heterocycles. The molecule has 2 heteroatoms. The summed E-state index contributed by atoms with van der Waals surface area (Å²) in [6.45, 7) is 12.4. The second-order valence-corrected chi connectivity index (χ2v) is 6.54. The van der Waals surface area contributed by atoms with E-state index in [4.69, 9.17) is 0 Å². The average molecular weight is 221 g/mol. The van der Waals surface area contributed by atoms with Crippen molar-refractivity contribution < 1.29 is 4.79 Å². The molecule has 1 rings (SSSR count). The summed E-state index contributed by atoms with van der Waals surface area (Å²) >= 11 is 0. The lowest BCUT2D eigenvalue weighted by atomic mass is 9.80. The number of nitrogens with zero attached hydrogens (tertiary/aromatic N) is 1. The van der Waals surface area contributed by atoms with Gasteiger partial charge in [-0.2, -0.15) is 0 Å². The number of rotatable bonds is 0. The Morgan fingerprint density at radius 3 is 1.75 bits per heavy atom. The molecule has 0 N–H and O–H groups in total. The first-order valence-electron chi connectivity index (χ1n) is 5.82. The fraction of sp³-hybridized carbons (Fsp3) is 0.643. The predicted molar refractivity (Wildman–Crippen MR) is 67.5 cm³/mol. The highest BCUT2D eigenvalue weighted by atomic mass is 16.2. The lowest BCUT2D eigenvalue weighted by Gasteiger charge is -2.31. The molecule has 1 aliphatic heterocycles. The van der Waals surface area contributed by atoms with Crippen LogP contribution in [0.25, 0.3) is 0 Å². The minimum Gasteiger partial charge on any atom is -0.295 e. The van der Waals surface area contributed by atoms with Crippen LogP contribution in [0.4, 0.5) is 0 Å². The third-order valence-electron chi connectivity index (χ3n) is 2.78. The molecule has 1 heterocycles. The molecule has 0 aromatic rings. The fourth-order valence-corrected chi connectivity index (χ4v) is 1.58. The molecule has 1 amide bonds. The van der Waals surface area contributed by atoms with E-state index in [1.165, 1.54) is 0 Å². The van der Waals surface area contributed by atoms with Gasteiger partial charge in [0.2, 0.25) is 5.91 Å². The standard InChI is InChI=1S/C14H23NO/c1-13(2,3)11-7-9-15(10-8-11)12(16)14(4,5)6/h7-11H,1-6H3. The first kappa shape index (κ1) is 13.0. The predicted octanol–water partition coefficient (Wildman–Crippen LogP) is 3.56. The minimum atomic E-state index is -0.330. The van der Waals surface area contributed by atoms with E-state index in [0.29, 0.717) is 5.92 Å². The maximum atomic E-state index is 12.0. The van der Waals surface area contributed by atoms with Gasteiger partial charge >= 0.3 is 0 Å². The monoisotopic (exact) mass is 221 g/mol. The SMILES string of the molecule is CC(C)(C)C(=O)N1C=CC(C(C)(C)C)C=C1. The molecular formula is C14H23NO. The summed E-state index contributed by atoms with van der Waals surface area (Å²) in [5.41, 5.74) is -0.118. The van der Waals surface area contributed by atoms with E-state index in [-0.39, 0.29) is 16.7 Å². The normalized spacial score (nSPS) is 18.0. The summed E-state index contributed by atoms with van der Waals surface area (Å²) in [6.07, 6.45) is 7.99. The molecule has 0 saturated carbocycles. The van der Waals surface area contributed by atoms with Crippen molar-refractivity contribution in [1.29, 1.82) is 0 Å². The molecule has 0 aliphatic carbocycles. The first-order chi connectivity index (χ1) is 7.12. The van der Waals surface area contributed by atoms with Gasteiger partial charge in [0, 0.05) is 23.7 Å². The van der Waals surface area contributed by atoms with Gasteiger partial charge in [0.25, 0.3) is 0 Å². The second-order valence-electron chi connectivity index (χ2n) is 6.54. The second kappa shape index (κ2) is 4.08. The van der Waals surface area contributed by atoms with Crippen molar-refractivity contribution in [3.8, 4) is 0 Å². The molecule has 2 nitrogen and oxygen atoms in total. The minimum absolute atomic E-state index is 0.132. The highest BCUT2D eigenvalue weighted by Gasteiger charge is 2.28. The van der Waals surface area contributed by atoms with Crippen molar-refractivity contribution in [3.05, 3.63) is 24.6 Å². The largest absolute Gasteiger partial charge is 0.295 e. The van der Waals surface area contributed by atoms with Crippen LogP contribution in [0, 0.1) is 16.7 Å². The number of hydrogen-bond donors (Lipinski definition) is 0. The average Bonchev–Trinajstić information content (AvgIpc) is 2.14. The molecule has 90 valence electrons. The van der Waals surface area contributed by atoms with E-state index in [2.05, 4.69) is 32.9 Å². The van der Waals surface area contributed by atoms with E-state index in [0.717, 1.165) is 0 Å². The van der Waals surface area contributed by atoms with Crippen LogP contribution >= 0.6 is 0 Å². The summed E-state index contributed by atoms with van der Waals surface area (Å²) in [5, 5.41) is 0. The third kappa shape index (κ3) is 2.97. The van der Waals surface area contributed by atoms with Crippen LogP contribution in [0.5, 0.6) is 0 Å². The Labute approximate surface area is 99.0 Å². The first-order valence-corrected chi connectivity index (χ1v) is 5.82. The van der Waals surface area contributed by atoms with E-state index >= 15 is 0 Å². The number of amides is 1. The molecule has 0 radical (unpaired) electrons. The van der Waals surface area contributed by atoms with Crippen molar-refractivity contribution in [2.45, 2.75) is 41.5 Å². The van der Waals surface area contributed by atoms with Crippen LogP contribution in [0.2, 0.25) is 0 Å². The van der Waals surface area contributed by atoms with Gasteiger partial charge in [-0.15, -0.1) is 0 Å². The summed E-state index contributed by atoms with van der Waals surface area (Å²) in [4.78, 5) is 13.7. The van der Waals surface area contributed by atoms with E-state index in [1.807, 2.05) is 33.2 Å². The number of allylic oxidation sites excluding steroid dienone is 2. The Kier molecular flexibility index (Phi) is 3.32. The van der Waals surface area contributed by atoms with Crippen molar-refractivity contribution in [2.24, 2.45) is 16.7 Å². The third-order valence-corrected chi connectivity index (χ3v) is 2.78. The highest BCUT2D eigenvalue weighted by Crippen LogP contribution is 2.31. The smallest absolute Gasteiger partial charge is 0.235 e. The molecule has 0 fully saturated rings. The van der Waals surface area contributed by atoms with Gasteiger partial charge in [-0.1, -0.05) is 53.7 Å².